The van der Waals surface area contributed by atoms with Crippen LogP contribution >= 0.6 is 0 Å². The van der Waals surface area contributed by atoms with Crippen LogP contribution in [0.1, 0.15) is 5.56 Å². The van der Waals surface area contributed by atoms with E-state index in [1.54, 1.807) is 22.9 Å². The quantitative estimate of drug-likeness (QED) is 0.873. The monoisotopic (exact) mass is 258 g/mol. The van der Waals surface area contributed by atoms with Crippen molar-refractivity contribution in [1.29, 1.82) is 0 Å². The van der Waals surface area contributed by atoms with Gasteiger partial charge in [0.15, 0.2) is 0 Å². The van der Waals surface area contributed by atoms with Gasteiger partial charge in [-0.3, -0.25) is 0 Å². The summed E-state index contributed by atoms with van der Waals surface area (Å²) < 4.78 is 30.1. The van der Waals surface area contributed by atoms with Crippen molar-refractivity contribution in [3.63, 3.8) is 0 Å². The predicted octanol–water partition coefficient (Wildman–Crippen LogP) is 0.890. The molecule has 0 unspecified atom stereocenters. The molecule has 94 valence electrons. The standard InChI is InChI=1S/C10H14N2O4S/c1-8-5-4-6-9(7-8)16-10(13)11-17(14,15)12(2)3/h4-7H,1-3H3,(H,11,13). The Morgan fingerprint density at radius 3 is 2.53 bits per heavy atom. The van der Waals surface area contributed by atoms with E-state index in [4.69, 9.17) is 4.74 Å². The van der Waals surface area contributed by atoms with Crippen LogP contribution in [-0.4, -0.2) is 32.9 Å². The third kappa shape index (κ3) is 4.04. The molecule has 0 heterocycles. The summed E-state index contributed by atoms with van der Waals surface area (Å²) in [4.78, 5) is 11.3. The summed E-state index contributed by atoms with van der Waals surface area (Å²) in [5.41, 5.74) is 0.908. The molecule has 1 N–H and O–H groups in total. The topological polar surface area (TPSA) is 75.7 Å². The number of nitrogens with zero attached hydrogens (tertiary/aromatic N) is 1. The van der Waals surface area contributed by atoms with Gasteiger partial charge in [-0.2, -0.15) is 12.7 Å². The molecule has 1 amide bonds. The van der Waals surface area contributed by atoms with E-state index in [1.807, 2.05) is 13.0 Å². The van der Waals surface area contributed by atoms with E-state index in [0.717, 1.165) is 9.87 Å². The molecular weight excluding hydrogens is 244 g/mol. The van der Waals surface area contributed by atoms with E-state index in [2.05, 4.69) is 0 Å². The molecule has 6 nitrogen and oxygen atoms in total. The van der Waals surface area contributed by atoms with Gasteiger partial charge in [0.25, 0.3) is 0 Å². The molecule has 0 spiro atoms. The van der Waals surface area contributed by atoms with Crippen molar-refractivity contribution in [2.75, 3.05) is 14.1 Å². The Labute approximate surface area is 100 Å². The summed E-state index contributed by atoms with van der Waals surface area (Å²) in [6, 6.07) is 6.73. The minimum atomic E-state index is -3.82. The first kappa shape index (κ1) is 13.5. The maximum Gasteiger partial charge on any atom is 0.427 e. The molecule has 0 atom stereocenters. The maximum absolute atomic E-state index is 11.3. The van der Waals surface area contributed by atoms with Crippen molar-refractivity contribution in [3.8, 4) is 5.75 Å². The number of rotatable bonds is 3. The van der Waals surface area contributed by atoms with Crippen LogP contribution in [0.3, 0.4) is 0 Å². The van der Waals surface area contributed by atoms with Crippen LogP contribution in [0.15, 0.2) is 24.3 Å². The largest absolute Gasteiger partial charge is 0.427 e. The van der Waals surface area contributed by atoms with Crippen LogP contribution in [0, 0.1) is 6.92 Å². The summed E-state index contributed by atoms with van der Waals surface area (Å²) >= 11 is 0. The molecule has 7 heteroatoms. The van der Waals surface area contributed by atoms with Gasteiger partial charge in [-0.15, -0.1) is 0 Å². The fraction of sp³-hybridized carbons (Fsp3) is 0.300. The zero-order valence-corrected chi connectivity index (χ0v) is 10.6. The highest BCUT2D eigenvalue weighted by atomic mass is 32.2. The number of carbonyl (C=O) groups is 1. The molecule has 1 aromatic rings. The highest BCUT2D eigenvalue weighted by Gasteiger charge is 2.18. The van der Waals surface area contributed by atoms with Gasteiger partial charge in [-0.25, -0.2) is 9.52 Å². The second-order valence-corrected chi connectivity index (χ2v) is 5.48. The van der Waals surface area contributed by atoms with Crippen molar-refractivity contribution < 1.29 is 17.9 Å². The van der Waals surface area contributed by atoms with E-state index >= 15 is 0 Å². The Hall–Kier alpha value is -1.60. The van der Waals surface area contributed by atoms with E-state index in [1.165, 1.54) is 14.1 Å². The number of ether oxygens (including phenoxy) is 1. The van der Waals surface area contributed by atoms with Gasteiger partial charge in [0.2, 0.25) is 0 Å². The van der Waals surface area contributed by atoms with Crippen molar-refractivity contribution in [3.05, 3.63) is 29.8 Å². The lowest BCUT2D eigenvalue weighted by molar-refractivity contribution is 0.206. The van der Waals surface area contributed by atoms with Crippen LogP contribution in [0.5, 0.6) is 5.75 Å². The fourth-order valence-corrected chi connectivity index (χ4v) is 1.44. The molecule has 0 saturated carbocycles. The number of carbonyl (C=O) groups excluding carboxylic acids is 1. The molecule has 0 aliphatic heterocycles. The minimum Gasteiger partial charge on any atom is -0.410 e. The SMILES string of the molecule is Cc1cccc(OC(=O)NS(=O)(=O)N(C)C)c1. The summed E-state index contributed by atoms with van der Waals surface area (Å²) in [6.45, 7) is 1.83. The van der Waals surface area contributed by atoms with Crippen molar-refractivity contribution in [2.45, 2.75) is 6.92 Å². The smallest absolute Gasteiger partial charge is 0.410 e. The van der Waals surface area contributed by atoms with Crippen molar-refractivity contribution in [1.82, 2.24) is 9.03 Å². The molecular formula is C10H14N2O4S. The highest BCUT2D eigenvalue weighted by molar-refractivity contribution is 7.87. The van der Waals surface area contributed by atoms with E-state index in [0.29, 0.717) is 0 Å². The van der Waals surface area contributed by atoms with Gasteiger partial charge in [0.1, 0.15) is 5.75 Å². The first-order chi connectivity index (χ1) is 7.81. The predicted molar refractivity (Wildman–Crippen MR) is 62.9 cm³/mol. The van der Waals surface area contributed by atoms with Crippen molar-refractivity contribution in [2.24, 2.45) is 0 Å². The molecule has 0 saturated heterocycles. The van der Waals surface area contributed by atoms with Gasteiger partial charge in [-0.1, -0.05) is 12.1 Å². The lowest BCUT2D eigenvalue weighted by Crippen LogP contribution is -2.40. The van der Waals surface area contributed by atoms with Crippen LogP contribution in [0.2, 0.25) is 0 Å². The molecule has 1 aromatic carbocycles. The highest BCUT2D eigenvalue weighted by Crippen LogP contribution is 2.12. The first-order valence-corrected chi connectivity index (χ1v) is 6.24. The van der Waals surface area contributed by atoms with Crippen LogP contribution in [-0.2, 0) is 10.2 Å². The number of benzene rings is 1. The molecule has 0 aliphatic rings. The molecule has 0 bridgehead atoms. The summed E-state index contributed by atoms with van der Waals surface area (Å²) in [5, 5.41) is 0. The summed E-state index contributed by atoms with van der Waals surface area (Å²) in [5.74, 6) is 0.288. The second kappa shape index (κ2) is 5.15. The van der Waals surface area contributed by atoms with Crippen LogP contribution in [0.25, 0.3) is 0 Å². The Balaban J connectivity index is 2.69. The fourth-order valence-electron chi connectivity index (χ4n) is 1.00. The molecule has 0 radical (unpaired) electrons. The molecule has 17 heavy (non-hydrogen) atoms. The van der Waals surface area contributed by atoms with Gasteiger partial charge in [0.05, 0.1) is 0 Å². The van der Waals surface area contributed by atoms with E-state index in [9.17, 15) is 13.2 Å². The maximum atomic E-state index is 11.3. The number of hydrogen-bond acceptors (Lipinski definition) is 4. The van der Waals surface area contributed by atoms with Gasteiger partial charge >= 0.3 is 16.3 Å². The Bertz CT molecular complexity index is 511. The molecule has 1 rings (SSSR count). The zero-order chi connectivity index (χ0) is 13.1. The van der Waals surface area contributed by atoms with Crippen molar-refractivity contribution >= 4 is 16.3 Å². The lowest BCUT2D eigenvalue weighted by atomic mass is 10.2. The number of aryl methyl sites for hydroxylation is 1. The average molecular weight is 258 g/mol. The van der Waals surface area contributed by atoms with Gasteiger partial charge < -0.3 is 4.74 Å². The second-order valence-electron chi connectivity index (χ2n) is 3.60. The summed E-state index contributed by atoms with van der Waals surface area (Å²) in [7, 11) is -1.20. The minimum absolute atomic E-state index is 0.288. The van der Waals surface area contributed by atoms with Crippen LogP contribution < -0.4 is 9.46 Å². The first-order valence-electron chi connectivity index (χ1n) is 4.80. The summed E-state index contributed by atoms with van der Waals surface area (Å²) in [6.07, 6.45) is -1.04. The number of hydrogen-bond donors (Lipinski definition) is 1. The van der Waals surface area contributed by atoms with Gasteiger partial charge in [0, 0.05) is 14.1 Å². The number of amides is 1. The van der Waals surface area contributed by atoms with Crippen LogP contribution in [0.4, 0.5) is 4.79 Å². The average Bonchev–Trinajstić information content (AvgIpc) is 2.15. The van der Waals surface area contributed by atoms with Gasteiger partial charge in [-0.05, 0) is 24.6 Å². The molecule has 0 aromatic heterocycles. The molecule has 0 aliphatic carbocycles. The van der Waals surface area contributed by atoms with E-state index in [-0.39, 0.29) is 5.75 Å². The third-order valence-electron chi connectivity index (χ3n) is 1.89. The van der Waals surface area contributed by atoms with E-state index < -0.39 is 16.3 Å². The Kier molecular flexibility index (Phi) is 4.08. The third-order valence-corrected chi connectivity index (χ3v) is 3.28. The zero-order valence-electron chi connectivity index (χ0n) is 9.80. The molecule has 0 fully saturated rings. The number of nitrogens with one attached hydrogen (secondary N) is 1. The lowest BCUT2D eigenvalue weighted by Gasteiger charge is -2.12. The Morgan fingerprint density at radius 1 is 1.35 bits per heavy atom. The Morgan fingerprint density at radius 2 is 2.00 bits per heavy atom. The normalized spacial score (nSPS) is 11.3.